The summed E-state index contributed by atoms with van der Waals surface area (Å²) in [5, 5.41) is 13.9. The molecule has 0 radical (unpaired) electrons. The number of fused-ring (bicyclic) bond motifs is 1. The van der Waals surface area contributed by atoms with Crippen LogP contribution < -0.4 is 19.1 Å². The Labute approximate surface area is 180 Å². The van der Waals surface area contributed by atoms with Crippen LogP contribution in [0.1, 0.15) is 24.1 Å². The van der Waals surface area contributed by atoms with E-state index in [1.807, 2.05) is 0 Å². The van der Waals surface area contributed by atoms with Crippen LogP contribution in [0.3, 0.4) is 0 Å². The Hall–Kier alpha value is -3.34. The topological polar surface area (TPSA) is 128 Å². The number of ether oxygens (including phenoxy) is 2. The smallest absolute Gasteiger partial charge is 0.271 e. The number of carbonyl (C=O) groups is 1. The number of rotatable bonds is 7. The van der Waals surface area contributed by atoms with Gasteiger partial charge in [0.2, 0.25) is 15.9 Å². The molecular weight excluding hydrogens is 426 g/mol. The molecule has 0 aromatic heterocycles. The summed E-state index contributed by atoms with van der Waals surface area (Å²) in [7, 11) is -3.88. The number of nitrogens with zero attached hydrogens (tertiary/aromatic N) is 2. The normalized spacial score (nSPS) is 13.9. The first-order valence-electron chi connectivity index (χ1n) is 9.48. The van der Waals surface area contributed by atoms with Crippen LogP contribution >= 0.6 is 0 Å². The van der Waals surface area contributed by atoms with Crippen molar-refractivity contribution in [2.75, 3.05) is 30.3 Å². The van der Waals surface area contributed by atoms with E-state index in [4.69, 9.17) is 9.47 Å². The van der Waals surface area contributed by atoms with E-state index >= 15 is 0 Å². The molecule has 166 valence electrons. The van der Waals surface area contributed by atoms with Crippen LogP contribution in [-0.2, 0) is 14.8 Å². The lowest BCUT2D eigenvalue weighted by Crippen LogP contribution is -2.41. The molecule has 1 amide bonds. The van der Waals surface area contributed by atoms with E-state index in [-0.39, 0.29) is 11.4 Å². The molecule has 0 spiro atoms. The Kier molecular flexibility index (Phi) is 6.34. The maximum Gasteiger partial charge on any atom is 0.271 e. The van der Waals surface area contributed by atoms with Crippen molar-refractivity contribution in [1.29, 1.82) is 0 Å². The van der Waals surface area contributed by atoms with Gasteiger partial charge in [0.05, 0.1) is 22.9 Å². The minimum atomic E-state index is -3.88. The second-order valence-electron chi connectivity index (χ2n) is 7.19. The molecule has 3 rings (SSSR count). The molecule has 1 aliphatic heterocycles. The molecule has 0 aliphatic carbocycles. The molecule has 1 unspecified atom stereocenters. The zero-order valence-electron chi connectivity index (χ0n) is 17.3. The first-order chi connectivity index (χ1) is 14.6. The van der Waals surface area contributed by atoms with Crippen molar-refractivity contribution in [2.45, 2.75) is 19.9 Å². The Morgan fingerprint density at radius 2 is 1.87 bits per heavy atom. The molecule has 2 aromatic rings. The van der Waals surface area contributed by atoms with Gasteiger partial charge in [-0.25, -0.2) is 8.42 Å². The summed E-state index contributed by atoms with van der Waals surface area (Å²) >= 11 is 0. The summed E-state index contributed by atoms with van der Waals surface area (Å²) in [5.41, 5.74) is 1.07. The predicted octanol–water partition coefficient (Wildman–Crippen LogP) is 2.32. The van der Waals surface area contributed by atoms with E-state index in [1.165, 1.54) is 12.1 Å². The van der Waals surface area contributed by atoms with Gasteiger partial charge in [0, 0.05) is 12.1 Å². The highest BCUT2D eigenvalue weighted by molar-refractivity contribution is 7.92. The quantitative estimate of drug-likeness (QED) is 0.507. The third kappa shape index (κ3) is 5.23. The van der Waals surface area contributed by atoms with Crippen molar-refractivity contribution in [1.82, 2.24) is 5.32 Å². The van der Waals surface area contributed by atoms with Crippen LogP contribution in [0, 0.1) is 17.0 Å². The second kappa shape index (κ2) is 8.80. The molecule has 1 N–H and O–H groups in total. The highest BCUT2D eigenvalue weighted by atomic mass is 32.2. The number of nitro benzene ring substituents is 1. The Bertz CT molecular complexity index is 1120. The monoisotopic (exact) mass is 449 g/mol. The fourth-order valence-electron chi connectivity index (χ4n) is 3.19. The second-order valence-corrected chi connectivity index (χ2v) is 9.10. The lowest BCUT2D eigenvalue weighted by molar-refractivity contribution is -0.384. The molecule has 1 atom stereocenters. The van der Waals surface area contributed by atoms with Crippen molar-refractivity contribution in [3.63, 3.8) is 0 Å². The van der Waals surface area contributed by atoms with E-state index in [0.29, 0.717) is 30.3 Å². The summed E-state index contributed by atoms with van der Waals surface area (Å²) in [4.78, 5) is 23.2. The number of anilines is 1. The van der Waals surface area contributed by atoms with Gasteiger partial charge in [-0.15, -0.1) is 0 Å². The molecule has 11 heteroatoms. The Balaban J connectivity index is 1.79. The van der Waals surface area contributed by atoms with Gasteiger partial charge in [-0.3, -0.25) is 19.2 Å². The van der Waals surface area contributed by atoms with E-state index in [9.17, 15) is 23.3 Å². The molecule has 31 heavy (non-hydrogen) atoms. The number of nitro groups is 1. The number of sulfonamides is 1. The average Bonchev–Trinajstić information content (AvgIpc) is 2.71. The first-order valence-corrected chi connectivity index (χ1v) is 11.3. The van der Waals surface area contributed by atoms with Crippen LogP contribution in [0.2, 0.25) is 0 Å². The molecule has 1 aliphatic rings. The fourth-order valence-corrected chi connectivity index (χ4v) is 4.10. The van der Waals surface area contributed by atoms with Crippen LogP contribution in [0.4, 0.5) is 11.4 Å². The van der Waals surface area contributed by atoms with Gasteiger partial charge in [-0.05, 0) is 37.1 Å². The van der Waals surface area contributed by atoms with E-state index in [1.54, 1.807) is 32.0 Å². The van der Waals surface area contributed by atoms with E-state index in [2.05, 4.69) is 5.32 Å². The summed E-state index contributed by atoms with van der Waals surface area (Å²) in [6.07, 6.45) is 0.947. The lowest BCUT2D eigenvalue weighted by atomic mass is 10.1. The van der Waals surface area contributed by atoms with Crippen LogP contribution in [0.5, 0.6) is 11.5 Å². The SMILES string of the molecule is Cc1ccc([N+](=O)[O-])cc1N(CC(=O)NC(C)c1ccc2c(c1)OCCO2)S(C)(=O)=O. The number of hydrogen-bond acceptors (Lipinski definition) is 7. The molecule has 0 bridgehead atoms. The Morgan fingerprint density at radius 1 is 1.19 bits per heavy atom. The third-order valence-corrected chi connectivity index (χ3v) is 5.93. The number of benzene rings is 2. The molecule has 0 saturated heterocycles. The van der Waals surface area contributed by atoms with Crippen molar-refractivity contribution < 1.29 is 27.6 Å². The largest absolute Gasteiger partial charge is 0.486 e. The maximum atomic E-state index is 12.7. The van der Waals surface area contributed by atoms with Gasteiger partial charge in [-0.1, -0.05) is 12.1 Å². The first kappa shape index (κ1) is 22.3. The highest BCUT2D eigenvalue weighted by Crippen LogP contribution is 2.32. The minimum Gasteiger partial charge on any atom is -0.486 e. The zero-order chi connectivity index (χ0) is 22.8. The van der Waals surface area contributed by atoms with Crippen LogP contribution in [0.25, 0.3) is 0 Å². The van der Waals surface area contributed by atoms with E-state index in [0.717, 1.165) is 22.2 Å². The molecule has 0 fully saturated rings. The zero-order valence-corrected chi connectivity index (χ0v) is 18.1. The maximum absolute atomic E-state index is 12.7. The molecule has 0 saturated carbocycles. The number of hydrogen-bond donors (Lipinski definition) is 1. The summed E-state index contributed by atoms with van der Waals surface area (Å²) < 4.78 is 36.6. The highest BCUT2D eigenvalue weighted by Gasteiger charge is 2.25. The van der Waals surface area contributed by atoms with Crippen molar-refractivity contribution >= 4 is 27.3 Å². The van der Waals surface area contributed by atoms with Crippen LogP contribution in [0.15, 0.2) is 36.4 Å². The summed E-state index contributed by atoms with van der Waals surface area (Å²) in [5.74, 6) is 0.645. The summed E-state index contributed by atoms with van der Waals surface area (Å²) in [6, 6.07) is 8.74. The third-order valence-electron chi connectivity index (χ3n) is 4.80. The fraction of sp³-hybridized carbons (Fsp3) is 0.350. The number of carbonyl (C=O) groups excluding carboxylic acids is 1. The van der Waals surface area contributed by atoms with Crippen molar-refractivity contribution in [3.05, 3.63) is 57.6 Å². The number of aryl methyl sites for hydroxylation is 1. The molecule has 2 aromatic carbocycles. The number of nitrogens with one attached hydrogen (secondary N) is 1. The lowest BCUT2D eigenvalue weighted by Gasteiger charge is -2.25. The molecular formula is C20H23N3O7S. The van der Waals surface area contributed by atoms with Gasteiger partial charge in [0.15, 0.2) is 11.5 Å². The van der Waals surface area contributed by atoms with Crippen molar-refractivity contribution in [3.8, 4) is 11.5 Å². The summed E-state index contributed by atoms with van der Waals surface area (Å²) in [6.45, 7) is 3.76. The van der Waals surface area contributed by atoms with Crippen LogP contribution in [-0.4, -0.2) is 45.3 Å². The molecule has 1 heterocycles. The average molecular weight is 449 g/mol. The number of non-ortho nitro benzene ring substituents is 1. The van der Waals surface area contributed by atoms with E-state index < -0.39 is 33.4 Å². The standard InChI is InChI=1S/C20H23N3O7S/c1-13-4-6-16(23(25)26)11-17(13)22(31(3,27)28)12-20(24)21-14(2)15-5-7-18-19(10-15)30-9-8-29-18/h4-7,10-11,14H,8-9,12H2,1-3H3,(H,21,24). The Morgan fingerprint density at radius 3 is 2.52 bits per heavy atom. The van der Waals surface area contributed by atoms with Gasteiger partial charge in [-0.2, -0.15) is 0 Å². The van der Waals surface area contributed by atoms with Gasteiger partial charge >= 0.3 is 0 Å². The minimum absolute atomic E-state index is 0.0823. The molecule has 10 nitrogen and oxygen atoms in total. The predicted molar refractivity (Wildman–Crippen MR) is 114 cm³/mol. The van der Waals surface area contributed by atoms with Gasteiger partial charge in [0.25, 0.3) is 5.69 Å². The number of amides is 1. The van der Waals surface area contributed by atoms with Gasteiger partial charge in [0.1, 0.15) is 19.8 Å². The van der Waals surface area contributed by atoms with Crippen molar-refractivity contribution in [2.24, 2.45) is 0 Å². The van der Waals surface area contributed by atoms with Gasteiger partial charge < -0.3 is 14.8 Å².